The number of benzene rings is 1. The molecule has 4 amide bonds. The second-order valence-electron chi connectivity index (χ2n) is 5.36. The van der Waals surface area contributed by atoms with Gasteiger partial charge in [0.1, 0.15) is 5.92 Å². The monoisotopic (exact) mass is 288 g/mol. The topological polar surface area (TPSA) is 75.7 Å². The molecular formula is C15H16N2O4. The molecule has 1 aromatic rings. The van der Waals surface area contributed by atoms with Gasteiger partial charge in [-0.1, -0.05) is 29.8 Å². The average molecular weight is 288 g/mol. The highest BCUT2D eigenvalue weighted by atomic mass is 16.5. The number of carbonyl (C=O) groups excluding carboxylic acids is 3. The lowest BCUT2D eigenvalue weighted by molar-refractivity contribution is -0.140. The zero-order valence-corrected chi connectivity index (χ0v) is 11.7. The normalized spacial score (nSPS) is 26.1. The second-order valence-corrected chi connectivity index (χ2v) is 5.36. The van der Waals surface area contributed by atoms with Crippen LogP contribution < -0.4 is 5.32 Å². The molecule has 1 N–H and O–H groups in total. The zero-order valence-electron chi connectivity index (χ0n) is 11.7. The Morgan fingerprint density at radius 2 is 1.90 bits per heavy atom. The van der Waals surface area contributed by atoms with Crippen molar-refractivity contribution in [3.63, 3.8) is 0 Å². The van der Waals surface area contributed by atoms with Crippen molar-refractivity contribution in [3.8, 4) is 0 Å². The zero-order chi connectivity index (χ0) is 15.0. The minimum Gasteiger partial charge on any atom is -0.379 e. The summed E-state index contributed by atoms with van der Waals surface area (Å²) in [5.74, 6) is -2.00. The third-order valence-corrected chi connectivity index (χ3v) is 3.88. The molecule has 21 heavy (non-hydrogen) atoms. The fourth-order valence-electron chi connectivity index (χ4n) is 2.71. The number of imide groups is 2. The van der Waals surface area contributed by atoms with E-state index in [2.05, 4.69) is 5.32 Å². The largest absolute Gasteiger partial charge is 0.379 e. The van der Waals surface area contributed by atoms with Crippen LogP contribution in [0.5, 0.6) is 0 Å². The molecule has 110 valence electrons. The van der Waals surface area contributed by atoms with Crippen LogP contribution in [0.3, 0.4) is 0 Å². The molecule has 0 spiro atoms. The van der Waals surface area contributed by atoms with Crippen LogP contribution in [0, 0.1) is 6.92 Å². The predicted octanol–water partition coefficient (Wildman–Crippen LogP) is 0.946. The van der Waals surface area contributed by atoms with Crippen LogP contribution in [-0.4, -0.2) is 42.0 Å². The van der Waals surface area contributed by atoms with Gasteiger partial charge in [0, 0.05) is 6.61 Å². The number of carbonyl (C=O) groups is 3. The van der Waals surface area contributed by atoms with E-state index in [4.69, 9.17) is 4.74 Å². The van der Waals surface area contributed by atoms with Crippen LogP contribution in [0.1, 0.15) is 23.5 Å². The van der Waals surface area contributed by atoms with E-state index >= 15 is 0 Å². The van der Waals surface area contributed by atoms with E-state index in [0.29, 0.717) is 25.2 Å². The number of rotatable bonds is 2. The lowest BCUT2D eigenvalue weighted by Gasteiger charge is -2.33. The van der Waals surface area contributed by atoms with Gasteiger partial charge >= 0.3 is 6.03 Å². The predicted molar refractivity (Wildman–Crippen MR) is 73.5 cm³/mol. The van der Waals surface area contributed by atoms with Gasteiger partial charge in [0.25, 0.3) is 0 Å². The summed E-state index contributed by atoms with van der Waals surface area (Å²) in [5.41, 5.74) is 1.64. The minimum absolute atomic E-state index is 0.293. The maximum Gasteiger partial charge on any atom is 0.331 e. The molecule has 2 fully saturated rings. The Bertz CT molecular complexity index is 590. The molecule has 6 nitrogen and oxygen atoms in total. The van der Waals surface area contributed by atoms with Crippen molar-refractivity contribution in [2.45, 2.75) is 25.3 Å². The van der Waals surface area contributed by atoms with Crippen molar-refractivity contribution in [1.82, 2.24) is 10.2 Å². The van der Waals surface area contributed by atoms with Gasteiger partial charge in [-0.2, -0.15) is 0 Å². The van der Waals surface area contributed by atoms with Crippen molar-refractivity contribution in [1.29, 1.82) is 0 Å². The molecule has 0 aliphatic carbocycles. The van der Waals surface area contributed by atoms with Gasteiger partial charge in [0.15, 0.2) is 0 Å². The summed E-state index contributed by atoms with van der Waals surface area (Å²) in [6, 6.07) is 6.24. The van der Waals surface area contributed by atoms with Gasteiger partial charge in [0.05, 0.1) is 12.6 Å². The first-order chi connectivity index (χ1) is 10.1. The van der Waals surface area contributed by atoms with Crippen molar-refractivity contribution in [3.05, 3.63) is 35.4 Å². The summed E-state index contributed by atoms with van der Waals surface area (Å²) in [7, 11) is 0. The Kier molecular flexibility index (Phi) is 3.47. The highest BCUT2D eigenvalue weighted by Gasteiger charge is 2.45. The summed E-state index contributed by atoms with van der Waals surface area (Å²) in [5, 5.41) is 2.27. The molecule has 3 rings (SSSR count). The molecule has 2 aliphatic heterocycles. The van der Waals surface area contributed by atoms with Crippen LogP contribution in [-0.2, 0) is 14.3 Å². The van der Waals surface area contributed by atoms with E-state index in [-0.39, 0.29) is 6.04 Å². The van der Waals surface area contributed by atoms with Gasteiger partial charge in [0.2, 0.25) is 11.8 Å². The van der Waals surface area contributed by atoms with Crippen LogP contribution in [0.25, 0.3) is 0 Å². The summed E-state index contributed by atoms with van der Waals surface area (Å²) in [6.45, 7) is 2.77. The van der Waals surface area contributed by atoms with Gasteiger partial charge in [-0.25, -0.2) is 4.79 Å². The maximum absolute atomic E-state index is 12.6. The lowest BCUT2D eigenvalue weighted by Crippen LogP contribution is -2.60. The number of aryl methyl sites for hydroxylation is 1. The third kappa shape index (κ3) is 2.42. The van der Waals surface area contributed by atoms with E-state index in [1.54, 1.807) is 12.1 Å². The molecule has 2 atom stereocenters. The van der Waals surface area contributed by atoms with Gasteiger partial charge in [-0.15, -0.1) is 0 Å². The van der Waals surface area contributed by atoms with Gasteiger partial charge in [-0.3, -0.25) is 19.8 Å². The number of nitrogens with one attached hydrogen (secondary N) is 1. The number of ether oxygens (including phenoxy) is 1. The number of hydrogen-bond donors (Lipinski definition) is 1. The summed E-state index contributed by atoms with van der Waals surface area (Å²) in [4.78, 5) is 37.7. The second kappa shape index (κ2) is 5.29. The molecule has 0 aromatic heterocycles. The summed E-state index contributed by atoms with van der Waals surface area (Å²) in [6.07, 6.45) is 0.605. The highest BCUT2D eigenvalue weighted by molar-refractivity contribution is 6.19. The first-order valence-electron chi connectivity index (χ1n) is 6.90. The smallest absolute Gasteiger partial charge is 0.331 e. The summed E-state index contributed by atoms with van der Waals surface area (Å²) < 4.78 is 5.23. The Morgan fingerprint density at radius 1 is 1.19 bits per heavy atom. The molecule has 2 heterocycles. The minimum atomic E-state index is -0.969. The number of urea groups is 1. The Morgan fingerprint density at radius 3 is 2.52 bits per heavy atom. The van der Waals surface area contributed by atoms with E-state index in [9.17, 15) is 14.4 Å². The molecule has 0 bridgehead atoms. The van der Waals surface area contributed by atoms with Crippen molar-refractivity contribution in [2.24, 2.45) is 0 Å². The van der Waals surface area contributed by atoms with E-state index in [1.807, 2.05) is 19.1 Å². The first kappa shape index (κ1) is 13.8. The molecule has 2 aliphatic rings. The molecule has 0 saturated carbocycles. The lowest BCUT2D eigenvalue weighted by atomic mass is 9.93. The maximum atomic E-state index is 12.6. The van der Waals surface area contributed by atoms with E-state index in [1.165, 1.54) is 0 Å². The van der Waals surface area contributed by atoms with Crippen molar-refractivity contribution >= 4 is 17.8 Å². The van der Waals surface area contributed by atoms with E-state index < -0.39 is 23.8 Å². The molecule has 2 saturated heterocycles. The number of nitrogens with zero attached hydrogens (tertiary/aromatic N) is 1. The Labute approximate surface area is 122 Å². The molecule has 0 radical (unpaired) electrons. The first-order valence-corrected chi connectivity index (χ1v) is 6.90. The number of amides is 4. The molecule has 1 aromatic carbocycles. The number of hydrogen-bond acceptors (Lipinski definition) is 4. The van der Waals surface area contributed by atoms with Crippen LogP contribution in [0.15, 0.2) is 24.3 Å². The third-order valence-electron chi connectivity index (χ3n) is 3.88. The standard InChI is InChI=1S/C15H16N2O4/c1-9-2-4-10(5-3-9)12-13(18)16-15(20)17(14(12)19)11-6-7-21-8-11/h2-5,11-12H,6-8H2,1H3,(H,16,18,20). The van der Waals surface area contributed by atoms with Crippen LogP contribution >= 0.6 is 0 Å². The van der Waals surface area contributed by atoms with Crippen LogP contribution in [0.2, 0.25) is 0 Å². The van der Waals surface area contributed by atoms with Crippen molar-refractivity contribution in [2.75, 3.05) is 13.2 Å². The van der Waals surface area contributed by atoms with Gasteiger partial charge in [-0.05, 0) is 18.9 Å². The SMILES string of the molecule is Cc1ccc(C2C(=O)NC(=O)N(C3CCOC3)C2=O)cc1. The fraction of sp³-hybridized carbons (Fsp3) is 0.400. The Balaban J connectivity index is 1.92. The average Bonchev–Trinajstić information content (AvgIpc) is 2.94. The molecule has 2 unspecified atom stereocenters. The van der Waals surface area contributed by atoms with E-state index in [0.717, 1.165) is 10.5 Å². The van der Waals surface area contributed by atoms with Crippen molar-refractivity contribution < 1.29 is 19.1 Å². The van der Waals surface area contributed by atoms with Gasteiger partial charge < -0.3 is 4.74 Å². The molecular weight excluding hydrogens is 272 g/mol. The Hall–Kier alpha value is -2.21. The fourth-order valence-corrected chi connectivity index (χ4v) is 2.71. The highest BCUT2D eigenvalue weighted by Crippen LogP contribution is 2.26. The summed E-state index contributed by atoms with van der Waals surface area (Å²) >= 11 is 0. The molecule has 6 heteroatoms. The van der Waals surface area contributed by atoms with Crippen LogP contribution in [0.4, 0.5) is 4.79 Å². The number of barbiturate groups is 1. The quantitative estimate of drug-likeness (QED) is 0.822.